The molecule has 1 N–H and O–H groups in total. The molecular weight excluding hydrogens is 384 g/mol. The van der Waals surface area contributed by atoms with Gasteiger partial charge >= 0.3 is 0 Å². The standard InChI is InChI=1S/C22H26N4O2S/c1-3-5-11-21-24-25-22(29)26(21)23-15-18-12-13-19(20(14-18)27-4-2)28-16-17-9-7-6-8-10-17/h6-10,12-15H,3-5,11,16H2,1-2H3,(H,25,29)/b23-15+. The molecule has 0 fully saturated rings. The quantitative estimate of drug-likeness (QED) is 0.371. The Morgan fingerprint density at radius 3 is 2.69 bits per heavy atom. The summed E-state index contributed by atoms with van der Waals surface area (Å²) in [6, 6.07) is 15.8. The summed E-state index contributed by atoms with van der Waals surface area (Å²) < 4.78 is 13.9. The molecule has 1 heterocycles. The number of aryl methyl sites for hydroxylation is 1. The van der Waals surface area contributed by atoms with Gasteiger partial charge in [0.1, 0.15) is 6.61 Å². The monoisotopic (exact) mass is 410 g/mol. The summed E-state index contributed by atoms with van der Waals surface area (Å²) in [7, 11) is 0. The van der Waals surface area contributed by atoms with Crippen molar-refractivity contribution >= 4 is 18.4 Å². The smallest absolute Gasteiger partial charge is 0.216 e. The Bertz CT molecular complexity index is 996. The normalized spacial score (nSPS) is 11.1. The molecule has 0 atom stereocenters. The van der Waals surface area contributed by atoms with Crippen molar-refractivity contribution in [3.8, 4) is 11.5 Å². The SMILES string of the molecule is CCCCc1n[nH]c(=S)n1/N=C/c1ccc(OCc2ccccc2)c(OCC)c1. The van der Waals surface area contributed by atoms with Crippen LogP contribution in [0.25, 0.3) is 0 Å². The van der Waals surface area contributed by atoms with Crippen LogP contribution < -0.4 is 9.47 Å². The molecule has 6 nitrogen and oxygen atoms in total. The molecule has 2 aromatic carbocycles. The van der Waals surface area contributed by atoms with Crippen LogP contribution >= 0.6 is 12.2 Å². The summed E-state index contributed by atoms with van der Waals surface area (Å²) in [5, 5.41) is 11.6. The predicted octanol–water partition coefficient (Wildman–Crippen LogP) is 5.14. The molecule has 7 heteroatoms. The van der Waals surface area contributed by atoms with Crippen molar-refractivity contribution in [2.24, 2.45) is 5.10 Å². The molecule has 0 radical (unpaired) electrons. The fourth-order valence-electron chi connectivity index (χ4n) is 2.79. The van der Waals surface area contributed by atoms with Crippen LogP contribution in [0.3, 0.4) is 0 Å². The van der Waals surface area contributed by atoms with Crippen molar-refractivity contribution < 1.29 is 9.47 Å². The fourth-order valence-corrected chi connectivity index (χ4v) is 2.99. The van der Waals surface area contributed by atoms with Gasteiger partial charge in [0.15, 0.2) is 17.3 Å². The molecule has 0 saturated heterocycles. The number of benzene rings is 2. The highest BCUT2D eigenvalue weighted by Crippen LogP contribution is 2.29. The van der Waals surface area contributed by atoms with Crippen LogP contribution in [0, 0.1) is 4.77 Å². The summed E-state index contributed by atoms with van der Waals surface area (Å²) in [6.45, 7) is 5.13. The van der Waals surface area contributed by atoms with Crippen molar-refractivity contribution in [2.75, 3.05) is 6.61 Å². The molecule has 1 aromatic heterocycles. The number of H-pyrrole nitrogens is 1. The number of nitrogens with zero attached hydrogens (tertiary/aromatic N) is 3. The molecule has 3 rings (SSSR count). The number of hydrogen-bond acceptors (Lipinski definition) is 5. The average molecular weight is 411 g/mol. The van der Waals surface area contributed by atoms with Crippen molar-refractivity contribution in [1.82, 2.24) is 14.9 Å². The minimum atomic E-state index is 0.485. The molecule has 0 spiro atoms. The number of nitrogens with one attached hydrogen (secondary N) is 1. The first-order valence-electron chi connectivity index (χ1n) is 9.85. The summed E-state index contributed by atoms with van der Waals surface area (Å²) in [5.74, 6) is 2.23. The molecule has 3 aromatic rings. The van der Waals surface area contributed by atoms with E-state index in [1.807, 2.05) is 55.5 Å². The van der Waals surface area contributed by atoms with Gasteiger partial charge in [0, 0.05) is 6.42 Å². The van der Waals surface area contributed by atoms with Crippen LogP contribution in [-0.4, -0.2) is 27.7 Å². The van der Waals surface area contributed by atoms with Crippen LogP contribution in [-0.2, 0) is 13.0 Å². The molecule has 0 unspecified atom stereocenters. The van der Waals surface area contributed by atoms with Crippen LogP contribution in [0.4, 0.5) is 0 Å². The predicted molar refractivity (Wildman–Crippen MR) is 117 cm³/mol. The summed E-state index contributed by atoms with van der Waals surface area (Å²) in [5.41, 5.74) is 2.00. The van der Waals surface area contributed by atoms with Gasteiger partial charge in [-0.1, -0.05) is 43.7 Å². The van der Waals surface area contributed by atoms with Crippen LogP contribution in [0.15, 0.2) is 53.6 Å². The third-order valence-electron chi connectivity index (χ3n) is 4.30. The van der Waals surface area contributed by atoms with E-state index < -0.39 is 0 Å². The molecule has 0 aliphatic rings. The molecule has 29 heavy (non-hydrogen) atoms. The van der Waals surface area contributed by atoms with E-state index in [4.69, 9.17) is 21.7 Å². The lowest BCUT2D eigenvalue weighted by Gasteiger charge is -2.12. The summed E-state index contributed by atoms with van der Waals surface area (Å²) >= 11 is 5.29. The minimum Gasteiger partial charge on any atom is -0.490 e. The molecule has 152 valence electrons. The maximum absolute atomic E-state index is 5.96. The van der Waals surface area contributed by atoms with Crippen molar-refractivity contribution in [3.05, 3.63) is 70.3 Å². The summed E-state index contributed by atoms with van der Waals surface area (Å²) in [4.78, 5) is 0. The van der Waals surface area contributed by atoms with E-state index in [1.54, 1.807) is 10.9 Å². The highest BCUT2D eigenvalue weighted by Gasteiger charge is 2.08. The largest absolute Gasteiger partial charge is 0.490 e. The first kappa shape index (κ1) is 20.8. The highest BCUT2D eigenvalue weighted by atomic mass is 32.1. The Hall–Kier alpha value is -2.93. The van der Waals surface area contributed by atoms with E-state index >= 15 is 0 Å². The van der Waals surface area contributed by atoms with Gasteiger partial charge in [-0.2, -0.15) is 14.9 Å². The maximum atomic E-state index is 5.96. The number of hydrogen-bond donors (Lipinski definition) is 1. The van der Waals surface area contributed by atoms with Crippen LogP contribution in [0.1, 0.15) is 43.6 Å². The lowest BCUT2D eigenvalue weighted by molar-refractivity contribution is 0.269. The van der Waals surface area contributed by atoms with E-state index in [2.05, 4.69) is 22.2 Å². The Morgan fingerprint density at radius 1 is 1.10 bits per heavy atom. The molecule has 0 bridgehead atoms. The number of rotatable bonds is 10. The maximum Gasteiger partial charge on any atom is 0.216 e. The third-order valence-corrected chi connectivity index (χ3v) is 4.56. The van der Waals surface area contributed by atoms with Gasteiger partial charge in [0.2, 0.25) is 4.77 Å². The van der Waals surface area contributed by atoms with Gasteiger partial charge in [-0.15, -0.1) is 0 Å². The van der Waals surface area contributed by atoms with Gasteiger partial charge in [-0.25, -0.2) is 0 Å². The third kappa shape index (κ3) is 5.77. The van der Waals surface area contributed by atoms with Gasteiger partial charge < -0.3 is 9.47 Å². The van der Waals surface area contributed by atoms with Gasteiger partial charge in [-0.3, -0.25) is 5.10 Å². The van der Waals surface area contributed by atoms with Crippen LogP contribution in [0.2, 0.25) is 0 Å². The fraction of sp³-hybridized carbons (Fsp3) is 0.318. The topological polar surface area (TPSA) is 64.4 Å². The molecule has 0 aliphatic carbocycles. The Labute approximate surface area is 176 Å². The van der Waals surface area contributed by atoms with E-state index in [9.17, 15) is 0 Å². The molecular formula is C22H26N4O2S. The Balaban J connectivity index is 1.77. The van der Waals surface area contributed by atoms with Crippen molar-refractivity contribution in [1.29, 1.82) is 0 Å². The Kier molecular flexibility index (Phi) is 7.58. The number of aromatic nitrogens is 3. The second kappa shape index (κ2) is 10.6. The molecule has 0 saturated carbocycles. The lowest BCUT2D eigenvalue weighted by atomic mass is 10.2. The van der Waals surface area contributed by atoms with Crippen LogP contribution in [0.5, 0.6) is 11.5 Å². The zero-order valence-electron chi connectivity index (χ0n) is 16.8. The van der Waals surface area contributed by atoms with E-state index in [-0.39, 0.29) is 0 Å². The molecule has 0 amide bonds. The second-order valence-corrected chi connectivity index (χ2v) is 6.91. The van der Waals surface area contributed by atoms with E-state index in [1.165, 1.54) is 0 Å². The number of aromatic amines is 1. The first-order chi connectivity index (χ1) is 14.2. The number of ether oxygens (including phenoxy) is 2. The minimum absolute atomic E-state index is 0.485. The van der Waals surface area contributed by atoms with Gasteiger partial charge in [0.25, 0.3) is 0 Å². The van der Waals surface area contributed by atoms with Gasteiger partial charge in [-0.05, 0) is 54.9 Å². The lowest BCUT2D eigenvalue weighted by Crippen LogP contribution is -2.01. The average Bonchev–Trinajstić information content (AvgIpc) is 3.10. The van der Waals surface area contributed by atoms with Crippen molar-refractivity contribution in [3.63, 3.8) is 0 Å². The zero-order valence-corrected chi connectivity index (χ0v) is 17.6. The first-order valence-corrected chi connectivity index (χ1v) is 10.3. The molecule has 0 aliphatic heterocycles. The van der Waals surface area contributed by atoms with E-state index in [0.29, 0.717) is 29.5 Å². The highest BCUT2D eigenvalue weighted by molar-refractivity contribution is 7.71. The summed E-state index contributed by atoms with van der Waals surface area (Å²) in [6.07, 6.45) is 4.71. The second-order valence-electron chi connectivity index (χ2n) is 6.52. The van der Waals surface area contributed by atoms with Crippen molar-refractivity contribution in [2.45, 2.75) is 39.7 Å². The Morgan fingerprint density at radius 2 is 1.93 bits per heavy atom. The zero-order chi connectivity index (χ0) is 20.5. The van der Waals surface area contributed by atoms with E-state index in [0.717, 1.165) is 36.2 Å². The number of unbranched alkanes of at least 4 members (excludes halogenated alkanes) is 1. The van der Waals surface area contributed by atoms with Gasteiger partial charge in [0.05, 0.1) is 12.8 Å².